The first-order valence-electron chi connectivity index (χ1n) is 5.11. The lowest BCUT2D eigenvalue weighted by atomic mass is 10.1. The number of Topliss-reactive ketones (excluding diaryl/α,β-unsaturated/α-hetero) is 1. The normalized spacial score (nSPS) is 17.7. The van der Waals surface area contributed by atoms with Crippen molar-refractivity contribution in [2.24, 2.45) is 5.92 Å². The Morgan fingerprint density at radius 2 is 2.06 bits per heavy atom. The summed E-state index contributed by atoms with van der Waals surface area (Å²) in [5, 5.41) is 8.45. The van der Waals surface area contributed by atoms with Gasteiger partial charge in [-0.2, -0.15) is 0 Å². The average Bonchev–Trinajstić information content (AvgIpc) is 2.67. The van der Waals surface area contributed by atoms with Crippen molar-refractivity contribution in [3.05, 3.63) is 35.4 Å². The van der Waals surface area contributed by atoms with Gasteiger partial charge in [0.25, 0.3) is 0 Å². The van der Waals surface area contributed by atoms with Crippen LogP contribution in [-0.4, -0.2) is 29.4 Å². The predicted molar refractivity (Wildman–Crippen MR) is 56.2 cm³/mol. The molecule has 1 atom stereocenters. The summed E-state index contributed by atoms with van der Waals surface area (Å²) in [6.45, 7) is -0.875. The largest absolute Gasteiger partial charge is 0.391 e. The third kappa shape index (κ3) is 2.09. The van der Waals surface area contributed by atoms with E-state index in [0.717, 1.165) is 5.56 Å². The van der Waals surface area contributed by atoms with Gasteiger partial charge >= 0.3 is 11.9 Å². The van der Waals surface area contributed by atoms with Crippen LogP contribution in [0.2, 0.25) is 0 Å². The smallest absolute Gasteiger partial charge is 0.339 e. The van der Waals surface area contributed by atoms with E-state index >= 15 is 0 Å². The maximum absolute atomic E-state index is 11.8. The second-order valence-corrected chi connectivity index (χ2v) is 3.73. The van der Waals surface area contributed by atoms with Crippen molar-refractivity contribution in [3.63, 3.8) is 0 Å². The number of fused-ring (bicyclic) bond motifs is 1. The van der Waals surface area contributed by atoms with Crippen molar-refractivity contribution in [3.8, 4) is 0 Å². The predicted octanol–water partition coefficient (Wildman–Crippen LogP) is 0.104. The highest BCUT2D eigenvalue weighted by Gasteiger charge is 2.37. The number of carbonyl (C=O) groups excluding carboxylic acids is 3. The molecule has 0 aromatic heterocycles. The zero-order valence-corrected chi connectivity index (χ0v) is 8.88. The van der Waals surface area contributed by atoms with E-state index in [1.54, 1.807) is 24.3 Å². The summed E-state index contributed by atoms with van der Waals surface area (Å²) >= 11 is 0. The fourth-order valence-corrected chi connectivity index (χ4v) is 1.84. The molecule has 0 aliphatic heterocycles. The molecule has 0 amide bonds. The summed E-state index contributed by atoms with van der Waals surface area (Å²) in [4.78, 5) is 34.1. The molecule has 0 spiro atoms. The Kier molecular flexibility index (Phi) is 3.01. The number of hydrogen-bond acceptors (Lipinski definition) is 5. The van der Waals surface area contributed by atoms with E-state index in [2.05, 4.69) is 4.74 Å². The second kappa shape index (κ2) is 4.47. The standard InChI is InChI=1S/C12H10O5/c13-6-10(14)17-12(16)9-5-7-3-1-2-4-8(7)11(9)15/h1-4,9,13H,5-6H2. The number of aliphatic hydroxyl groups excluding tert-OH is 1. The van der Waals surface area contributed by atoms with Gasteiger partial charge in [0, 0.05) is 5.56 Å². The van der Waals surface area contributed by atoms with Crippen LogP contribution in [0.1, 0.15) is 15.9 Å². The lowest BCUT2D eigenvalue weighted by molar-refractivity contribution is -0.163. The van der Waals surface area contributed by atoms with Crippen LogP contribution in [0, 0.1) is 5.92 Å². The third-order valence-electron chi connectivity index (χ3n) is 2.65. The Balaban J connectivity index is 2.15. The molecule has 5 heteroatoms. The number of hydrogen-bond donors (Lipinski definition) is 1. The minimum absolute atomic E-state index is 0.243. The van der Waals surface area contributed by atoms with Gasteiger partial charge in [-0.1, -0.05) is 24.3 Å². The van der Waals surface area contributed by atoms with Gasteiger partial charge in [0.05, 0.1) is 0 Å². The van der Waals surface area contributed by atoms with E-state index < -0.39 is 24.5 Å². The van der Waals surface area contributed by atoms with E-state index in [0.29, 0.717) is 5.56 Å². The molecule has 0 heterocycles. The Morgan fingerprint density at radius 1 is 1.35 bits per heavy atom. The quantitative estimate of drug-likeness (QED) is 0.580. The first-order chi connectivity index (χ1) is 8.13. The fraction of sp³-hybridized carbons (Fsp3) is 0.250. The second-order valence-electron chi connectivity index (χ2n) is 3.73. The summed E-state index contributed by atoms with van der Waals surface area (Å²) in [5.74, 6) is -3.25. The first kappa shape index (κ1) is 11.5. The zero-order valence-electron chi connectivity index (χ0n) is 8.88. The fourth-order valence-electron chi connectivity index (χ4n) is 1.84. The molecule has 0 fully saturated rings. The van der Waals surface area contributed by atoms with Crippen LogP contribution in [0.15, 0.2) is 24.3 Å². The van der Waals surface area contributed by atoms with Gasteiger partial charge in [0.1, 0.15) is 12.5 Å². The van der Waals surface area contributed by atoms with Crippen LogP contribution in [0.25, 0.3) is 0 Å². The summed E-state index contributed by atoms with van der Waals surface area (Å²) in [6, 6.07) is 6.88. The summed E-state index contributed by atoms with van der Waals surface area (Å²) < 4.78 is 4.34. The SMILES string of the molecule is O=C(CO)OC(=O)C1Cc2ccccc2C1=O. The van der Waals surface area contributed by atoms with Crippen molar-refractivity contribution >= 4 is 17.7 Å². The monoisotopic (exact) mass is 234 g/mol. The van der Waals surface area contributed by atoms with Gasteiger partial charge in [-0.15, -0.1) is 0 Å². The molecule has 1 aliphatic carbocycles. The number of esters is 2. The van der Waals surface area contributed by atoms with Gasteiger partial charge in [0.15, 0.2) is 5.78 Å². The number of carbonyl (C=O) groups is 3. The summed E-state index contributed by atoms with van der Waals surface area (Å²) in [7, 11) is 0. The Hall–Kier alpha value is -2.01. The molecule has 0 bridgehead atoms. The van der Waals surface area contributed by atoms with E-state index in [1.165, 1.54) is 0 Å². The maximum Gasteiger partial charge on any atom is 0.339 e. The lowest BCUT2D eigenvalue weighted by Gasteiger charge is -2.05. The van der Waals surface area contributed by atoms with Gasteiger partial charge in [-0.25, -0.2) is 4.79 Å². The van der Waals surface area contributed by atoms with E-state index in [4.69, 9.17) is 5.11 Å². The molecule has 1 N–H and O–H groups in total. The van der Waals surface area contributed by atoms with E-state index in [1.807, 2.05) is 0 Å². The molecule has 17 heavy (non-hydrogen) atoms. The van der Waals surface area contributed by atoms with Crippen molar-refractivity contribution in [2.45, 2.75) is 6.42 Å². The van der Waals surface area contributed by atoms with Gasteiger partial charge < -0.3 is 9.84 Å². The number of rotatable bonds is 2. The lowest BCUT2D eigenvalue weighted by Crippen LogP contribution is -2.26. The molecule has 1 unspecified atom stereocenters. The van der Waals surface area contributed by atoms with Crippen LogP contribution < -0.4 is 0 Å². The molecule has 88 valence electrons. The molecule has 1 aromatic rings. The Morgan fingerprint density at radius 3 is 2.71 bits per heavy atom. The van der Waals surface area contributed by atoms with Crippen LogP contribution >= 0.6 is 0 Å². The average molecular weight is 234 g/mol. The molecule has 0 radical (unpaired) electrons. The van der Waals surface area contributed by atoms with Crippen molar-refractivity contribution in [1.29, 1.82) is 0 Å². The summed E-state index contributed by atoms with van der Waals surface area (Å²) in [6.07, 6.45) is 0.243. The highest BCUT2D eigenvalue weighted by molar-refractivity contribution is 6.13. The Labute approximate surface area is 97.0 Å². The molecule has 0 saturated carbocycles. The molecule has 5 nitrogen and oxygen atoms in total. The first-order valence-corrected chi connectivity index (χ1v) is 5.11. The molecular formula is C12H10O5. The van der Waals surface area contributed by atoms with Gasteiger partial charge in [-0.05, 0) is 12.0 Å². The van der Waals surface area contributed by atoms with E-state index in [-0.39, 0.29) is 12.2 Å². The maximum atomic E-state index is 11.8. The molecule has 2 rings (SSSR count). The highest BCUT2D eigenvalue weighted by Crippen LogP contribution is 2.27. The summed E-state index contributed by atoms with van der Waals surface area (Å²) in [5.41, 5.74) is 1.27. The number of ether oxygens (including phenoxy) is 1. The number of aliphatic hydroxyl groups is 1. The molecule has 1 aromatic carbocycles. The topological polar surface area (TPSA) is 80.7 Å². The van der Waals surface area contributed by atoms with E-state index in [9.17, 15) is 14.4 Å². The minimum atomic E-state index is -1.04. The highest BCUT2D eigenvalue weighted by atomic mass is 16.6. The molecule has 1 aliphatic rings. The van der Waals surface area contributed by atoms with Crippen LogP contribution in [0.3, 0.4) is 0 Å². The zero-order chi connectivity index (χ0) is 12.4. The minimum Gasteiger partial charge on any atom is -0.391 e. The van der Waals surface area contributed by atoms with Crippen LogP contribution in [-0.2, 0) is 20.7 Å². The number of ketones is 1. The number of benzene rings is 1. The van der Waals surface area contributed by atoms with Crippen LogP contribution in [0.4, 0.5) is 0 Å². The van der Waals surface area contributed by atoms with Crippen molar-refractivity contribution in [2.75, 3.05) is 6.61 Å². The molecule has 0 saturated heterocycles. The van der Waals surface area contributed by atoms with Crippen molar-refractivity contribution in [1.82, 2.24) is 0 Å². The Bertz CT molecular complexity index is 491. The van der Waals surface area contributed by atoms with Gasteiger partial charge in [-0.3, -0.25) is 9.59 Å². The third-order valence-corrected chi connectivity index (χ3v) is 2.65. The van der Waals surface area contributed by atoms with Crippen LogP contribution in [0.5, 0.6) is 0 Å². The van der Waals surface area contributed by atoms with Gasteiger partial charge in [0.2, 0.25) is 0 Å². The van der Waals surface area contributed by atoms with Crippen molar-refractivity contribution < 1.29 is 24.2 Å². The molecular weight excluding hydrogens is 224 g/mol.